The number of benzene rings is 1. The summed E-state index contributed by atoms with van der Waals surface area (Å²) in [5.74, 6) is 0.417. The van der Waals surface area contributed by atoms with Crippen molar-refractivity contribution in [3.8, 4) is 0 Å². The lowest BCUT2D eigenvalue weighted by molar-refractivity contribution is -0.139. The van der Waals surface area contributed by atoms with E-state index in [2.05, 4.69) is 14.9 Å². The number of aromatic nitrogens is 2. The van der Waals surface area contributed by atoms with E-state index in [0.29, 0.717) is 18.1 Å². The summed E-state index contributed by atoms with van der Waals surface area (Å²) in [5, 5.41) is 3.48. The molecule has 2 atom stereocenters. The average molecular weight is 324 g/mol. The Morgan fingerprint density at radius 3 is 2.68 bits per heavy atom. The van der Waals surface area contributed by atoms with Gasteiger partial charge in [0.15, 0.2) is 5.82 Å². The second kappa shape index (κ2) is 7.40. The summed E-state index contributed by atoms with van der Waals surface area (Å²) in [6.07, 6.45) is 0.466. The number of carbonyl (C=O) groups is 1. The fraction of sp³-hybridized carbons (Fsp3) is 0.400. The largest absolute Gasteiger partial charge is 0.468 e. The Bertz CT molecular complexity index is 630. The Kier molecular flexibility index (Phi) is 5.54. The van der Waals surface area contributed by atoms with Gasteiger partial charge in [-0.1, -0.05) is 17.3 Å². The second-order valence-electron chi connectivity index (χ2n) is 4.80. The molecule has 0 fully saturated rings. The molecule has 0 saturated carbocycles. The van der Waals surface area contributed by atoms with Gasteiger partial charge in [0.1, 0.15) is 11.1 Å². The number of rotatable bonds is 6. The molecule has 0 radical (unpaired) electrons. The van der Waals surface area contributed by atoms with Gasteiger partial charge in [0, 0.05) is 6.42 Å². The van der Waals surface area contributed by atoms with E-state index in [1.54, 1.807) is 19.1 Å². The lowest BCUT2D eigenvalue weighted by Gasteiger charge is -2.11. The molecule has 0 aliphatic carbocycles. The Labute approximate surface area is 132 Å². The van der Waals surface area contributed by atoms with Gasteiger partial charge >= 0.3 is 5.97 Å². The third kappa shape index (κ3) is 4.30. The summed E-state index contributed by atoms with van der Waals surface area (Å²) in [5.41, 5.74) is 0.900. The molecule has 2 rings (SSSR count). The van der Waals surface area contributed by atoms with Crippen LogP contribution < -0.4 is 0 Å². The van der Waals surface area contributed by atoms with Crippen molar-refractivity contribution in [2.24, 2.45) is 0 Å². The van der Waals surface area contributed by atoms with Gasteiger partial charge in [0.25, 0.3) is 0 Å². The fourth-order valence-electron chi connectivity index (χ4n) is 1.88. The highest BCUT2D eigenvalue weighted by atomic mass is 32.2. The molecule has 0 saturated heterocycles. The predicted molar refractivity (Wildman–Crippen MR) is 81.0 cm³/mol. The number of halogens is 1. The zero-order valence-electron chi connectivity index (χ0n) is 12.6. The Hall–Kier alpha value is -1.89. The second-order valence-corrected chi connectivity index (χ2v) is 6.48. The molecule has 7 heteroatoms. The van der Waals surface area contributed by atoms with Crippen molar-refractivity contribution in [2.75, 3.05) is 7.11 Å². The van der Waals surface area contributed by atoms with E-state index < -0.39 is 0 Å². The van der Waals surface area contributed by atoms with Crippen molar-refractivity contribution in [1.29, 1.82) is 0 Å². The van der Waals surface area contributed by atoms with Gasteiger partial charge in [-0.25, -0.2) is 4.39 Å². The van der Waals surface area contributed by atoms with Crippen LogP contribution in [0.4, 0.5) is 4.39 Å². The molecule has 1 aromatic heterocycles. The van der Waals surface area contributed by atoms with Crippen LogP contribution in [0.25, 0.3) is 0 Å². The molecular formula is C15H17FN2O3S. The molecule has 0 aliphatic rings. The van der Waals surface area contributed by atoms with Gasteiger partial charge < -0.3 is 9.26 Å². The summed E-state index contributed by atoms with van der Waals surface area (Å²) >= 11 is 1.39. The molecular weight excluding hydrogens is 307 g/mol. The van der Waals surface area contributed by atoms with Crippen LogP contribution in [-0.2, 0) is 16.0 Å². The standard InChI is InChI=1S/C15H17FN2O3S/c1-9(22-10(2)15(19)20-3)14-17-13(18-21-14)8-11-4-6-12(16)7-5-11/h4-7,9-10H,8H2,1-3H3/t9-,10-/m1/s1. The minimum atomic E-state index is -0.313. The number of hydrogen-bond donors (Lipinski definition) is 0. The summed E-state index contributed by atoms with van der Waals surface area (Å²) in [6, 6.07) is 6.16. The van der Waals surface area contributed by atoms with Gasteiger partial charge in [0.2, 0.25) is 5.89 Å². The molecule has 1 aromatic carbocycles. The Morgan fingerprint density at radius 2 is 2.05 bits per heavy atom. The van der Waals surface area contributed by atoms with E-state index in [1.807, 2.05) is 6.92 Å². The number of methoxy groups -OCH3 is 1. The predicted octanol–water partition coefficient (Wildman–Crippen LogP) is 3.16. The Balaban J connectivity index is 1.98. The zero-order valence-corrected chi connectivity index (χ0v) is 13.4. The molecule has 0 spiro atoms. The average Bonchev–Trinajstić information content (AvgIpc) is 2.97. The van der Waals surface area contributed by atoms with Gasteiger partial charge in [-0.2, -0.15) is 4.98 Å². The van der Waals surface area contributed by atoms with E-state index in [-0.39, 0.29) is 22.3 Å². The molecule has 5 nitrogen and oxygen atoms in total. The first-order valence-corrected chi connectivity index (χ1v) is 7.74. The summed E-state index contributed by atoms with van der Waals surface area (Å²) in [4.78, 5) is 15.7. The van der Waals surface area contributed by atoms with Crippen LogP contribution in [0.3, 0.4) is 0 Å². The van der Waals surface area contributed by atoms with Crippen LogP contribution in [0.15, 0.2) is 28.8 Å². The van der Waals surface area contributed by atoms with E-state index >= 15 is 0 Å². The normalized spacial score (nSPS) is 13.6. The molecule has 0 amide bonds. The first-order valence-electron chi connectivity index (χ1n) is 6.79. The van der Waals surface area contributed by atoms with Crippen LogP contribution in [-0.4, -0.2) is 28.5 Å². The SMILES string of the molecule is COC(=O)[C@@H](C)S[C@H](C)c1nc(Cc2ccc(F)cc2)no1. The van der Waals surface area contributed by atoms with Crippen LogP contribution in [0.5, 0.6) is 0 Å². The molecule has 1 heterocycles. The molecule has 0 bridgehead atoms. The van der Waals surface area contributed by atoms with Crippen molar-refractivity contribution in [3.63, 3.8) is 0 Å². The minimum absolute atomic E-state index is 0.122. The maximum atomic E-state index is 12.9. The summed E-state index contributed by atoms with van der Waals surface area (Å²) in [6.45, 7) is 3.65. The molecule has 22 heavy (non-hydrogen) atoms. The number of carbonyl (C=O) groups excluding carboxylic acids is 1. The number of hydrogen-bond acceptors (Lipinski definition) is 6. The highest BCUT2D eigenvalue weighted by molar-refractivity contribution is 8.00. The lowest BCUT2D eigenvalue weighted by atomic mass is 10.1. The molecule has 2 aromatic rings. The van der Waals surface area contributed by atoms with Crippen molar-refractivity contribution in [3.05, 3.63) is 47.4 Å². The van der Waals surface area contributed by atoms with Gasteiger partial charge in [-0.15, -0.1) is 11.8 Å². The first-order chi connectivity index (χ1) is 10.5. The van der Waals surface area contributed by atoms with E-state index in [1.165, 1.54) is 31.0 Å². The van der Waals surface area contributed by atoms with Gasteiger partial charge in [-0.3, -0.25) is 4.79 Å². The quantitative estimate of drug-likeness (QED) is 0.761. The number of nitrogens with zero attached hydrogens (tertiary/aromatic N) is 2. The van der Waals surface area contributed by atoms with Crippen molar-refractivity contribution in [1.82, 2.24) is 10.1 Å². The third-order valence-electron chi connectivity index (χ3n) is 3.05. The minimum Gasteiger partial charge on any atom is -0.468 e. The van der Waals surface area contributed by atoms with Crippen LogP contribution >= 0.6 is 11.8 Å². The molecule has 0 N–H and O–H groups in total. The van der Waals surface area contributed by atoms with Crippen molar-refractivity contribution >= 4 is 17.7 Å². The lowest BCUT2D eigenvalue weighted by Crippen LogP contribution is -2.15. The first kappa shape index (κ1) is 16.5. The van der Waals surface area contributed by atoms with Crippen molar-refractivity contribution < 1.29 is 18.4 Å². The molecule has 0 unspecified atom stereocenters. The van der Waals surface area contributed by atoms with E-state index in [0.717, 1.165) is 5.56 Å². The van der Waals surface area contributed by atoms with E-state index in [9.17, 15) is 9.18 Å². The fourth-order valence-corrected chi connectivity index (χ4v) is 2.91. The molecule has 0 aliphatic heterocycles. The van der Waals surface area contributed by atoms with Crippen LogP contribution in [0.2, 0.25) is 0 Å². The molecule has 118 valence electrons. The smallest absolute Gasteiger partial charge is 0.318 e. The van der Waals surface area contributed by atoms with Crippen molar-refractivity contribution in [2.45, 2.75) is 30.8 Å². The highest BCUT2D eigenvalue weighted by Gasteiger charge is 2.22. The monoisotopic (exact) mass is 324 g/mol. The summed E-state index contributed by atoms with van der Waals surface area (Å²) in [7, 11) is 1.36. The zero-order chi connectivity index (χ0) is 16.1. The third-order valence-corrected chi connectivity index (χ3v) is 4.26. The maximum Gasteiger partial charge on any atom is 0.318 e. The maximum absolute atomic E-state index is 12.9. The topological polar surface area (TPSA) is 65.2 Å². The summed E-state index contributed by atoms with van der Waals surface area (Å²) < 4.78 is 22.8. The van der Waals surface area contributed by atoms with Gasteiger partial charge in [0.05, 0.1) is 12.4 Å². The number of esters is 1. The van der Waals surface area contributed by atoms with Gasteiger partial charge in [-0.05, 0) is 31.5 Å². The number of thioether (sulfide) groups is 1. The highest BCUT2D eigenvalue weighted by Crippen LogP contribution is 2.31. The Morgan fingerprint density at radius 1 is 1.36 bits per heavy atom. The number of ether oxygens (including phenoxy) is 1. The van der Waals surface area contributed by atoms with E-state index in [4.69, 9.17) is 4.52 Å². The van der Waals surface area contributed by atoms with Crippen LogP contribution in [0.1, 0.15) is 36.4 Å². The van der Waals surface area contributed by atoms with Crippen LogP contribution in [0, 0.1) is 5.82 Å².